The lowest BCUT2D eigenvalue weighted by Crippen LogP contribution is -1.97. The first-order valence-corrected chi connectivity index (χ1v) is 10.7. The van der Waals surface area contributed by atoms with Crippen LogP contribution in [0.4, 0.5) is 0 Å². The quantitative estimate of drug-likeness (QED) is 0.292. The smallest absolute Gasteiger partial charge is 0.161 e. The molecule has 3 nitrogen and oxygen atoms in total. The molecular weight excluding hydrogens is 392 g/mol. The molecule has 7 aromatic rings. The topological polar surface area (TPSA) is 31.0 Å². The zero-order chi connectivity index (χ0) is 21.1. The van der Waals surface area contributed by atoms with Crippen LogP contribution in [-0.2, 0) is 0 Å². The third-order valence-electron chi connectivity index (χ3n) is 6.27. The summed E-state index contributed by atoms with van der Waals surface area (Å²) in [7, 11) is 0. The Hall–Kier alpha value is -4.37. The lowest BCUT2D eigenvalue weighted by Gasteiger charge is -2.14. The van der Waals surface area contributed by atoms with E-state index in [4.69, 9.17) is 4.42 Å². The lowest BCUT2D eigenvalue weighted by atomic mass is 10.0. The molecular formula is C29H18N2O. The summed E-state index contributed by atoms with van der Waals surface area (Å²) in [5, 5.41) is 3.54. The van der Waals surface area contributed by atoms with Crippen molar-refractivity contribution in [2.75, 3.05) is 0 Å². The minimum atomic E-state index is 0.821. The van der Waals surface area contributed by atoms with Gasteiger partial charge in [0.05, 0.1) is 16.7 Å². The lowest BCUT2D eigenvalue weighted by molar-refractivity contribution is 0.669. The SMILES string of the molecule is c1ccc(-n2c3ccccc3c3ccccc32)c(-c2ccnc3c2oc2ccccc23)c1. The number of para-hydroxylation sites is 4. The monoisotopic (exact) mass is 410 g/mol. The Labute approximate surface area is 184 Å². The van der Waals surface area contributed by atoms with E-state index in [0.29, 0.717) is 0 Å². The summed E-state index contributed by atoms with van der Waals surface area (Å²) in [4.78, 5) is 4.65. The molecule has 3 heterocycles. The number of benzene rings is 4. The Morgan fingerprint density at radius 1 is 0.562 bits per heavy atom. The van der Waals surface area contributed by atoms with Crippen molar-refractivity contribution in [3.63, 3.8) is 0 Å². The highest BCUT2D eigenvalue weighted by molar-refractivity contribution is 6.11. The summed E-state index contributed by atoms with van der Waals surface area (Å²) in [5.74, 6) is 0. The molecule has 0 radical (unpaired) electrons. The van der Waals surface area contributed by atoms with Crippen LogP contribution in [0, 0.1) is 0 Å². The number of pyridine rings is 1. The van der Waals surface area contributed by atoms with Crippen LogP contribution in [0.1, 0.15) is 0 Å². The Kier molecular flexibility index (Phi) is 3.55. The van der Waals surface area contributed by atoms with Crippen molar-refractivity contribution in [3.05, 3.63) is 109 Å². The van der Waals surface area contributed by atoms with E-state index in [0.717, 1.165) is 38.9 Å². The standard InChI is InChI=1S/C29H18N2O/c1-5-13-24-19(9-1)20-10-2-6-14-25(20)31(24)26-15-7-3-11-21(26)22-17-18-30-28-23-12-4-8-16-27(23)32-29(22)28/h1-18H. The van der Waals surface area contributed by atoms with E-state index in [1.165, 1.54) is 21.8 Å². The Bertz CT molecular complexity index is 1730. The van der Waals surface area contributed by atoms with E-state index in [1.54, 1.807) is 0 Å². The van der Waals surface area contributed by atoms with Crippen LogP contribution in [0.2, 0.25) is 0 Å². The molecule has 0 aliphatic heterocycles. The van der Waals surface area contributed by atoms with Gasteiger partial charge in [-0.05, 0) is 36.4 Å². The molecule has 0 atom stereocenters. The van der Waals surface area contributed by atoms with Crippen LogP contribution in [-0.4, -0.2) is 9.55 Å². The van der Waals surface area contributed by atoms with E-state index in [2.05, 4.69) is 94.5 Å². The van der Waals surface area contributed by atoms with Gasteiger partial charge in [0, 0.05) is 33.5 Å². The highest BCUT2D eigenvalue weighted by Gasteiger charge is 2.18. The summed E-state index contributed by atoms with van der Waals surface area (Å²) >= 11 is 0. The number of aromatic nitrogens is 2. The zero-order valence-corrected chi connectivity index (χ0v) is 17.2. The average Bonchev–Trinajstić information content (AvgIpc) is 3.40. The van der Waals surface area contributed by atoms with Gasteiger partial charge in [-0.25, -0.2) is 0 Å². The Balaban J connectivity index is 1.60. The van der Waals surface area contributed by atoms with Gasteiger partial charge in [0.2, 0.25) is 0 Å². The van der Waals surface area contributed by atoms with Crippen molar-refractivity contribution in [1.82, 2.24) is 9.55 Å². The summed E-state index contributed by atoms with van der Waals surface area (Å²) in [5.41, 5.74) is 8.24. The second kappa shape index (κ2) is 6.56. The maximum Gasteiger partial charge on any atom is 0.161 e. The van der Waals surface area contributed by atoms with Gasteiger partial charge in [-0.1, -0.05) is 66.7 Å². The molecule has 0 aliphatic carbocycles. The molecule has 0 N–H and O–H groups in total. The minimum Gasteiger partial charge on any atom is -0.454 e. The fourth-order valence-electron chi connectivity index (χ4n) is 4.90. The zero-order valence-electron chi connectivity index (χ0n) is 17.2. The van der Waals surface area contributed by atoms with Gasteiger partial charge in [-0.15, -0.1) is 0 Å². The van der Waals surface area contributed by atoms with Gasteiger partial charge >= 0.3 is 0 Å². The summed E-state index contributed by atoms with van der Waals surface area (Å²) in [6, 6.07) is 35.9. The maximum atomic E-state index is 6.31. The van der Waals surface area contributed by atoms with Crippen molar-refractivity contribution in [3.8, 4) is 16.8 Å². The van der Waals surface area contributed by atoms with Gasteiger partial charge in [-0.2, -0.15) is 0 Å². The molecule has 4 aromatic carbocycles. The first-order chi connectivity index (χ1) is 15.9. The van der Waals surface area contributed by atoms with Gasteiger partial charge in [0.1, 0.15) is 11.1 Å². The summed E-state index contributed by atoms with van der Waals surface area (Å²) in [6.45, 7) is 0. The third kappa shape index (κ3) is 2.33. The van der Waals surface area contributed by atoms with Crippen molar-refractivity contribution in [2.24, 2.45) is 0 Å². The summed E-state index contributed by atoms with van der Waals surface area (Å²) in [6.07, 6.45) is 1.88. The highest BCUT2D eigenvalue weighted by Crippen LogP contribution is 2.39. The van der Waals surface area contributed by atoms with Gasteiger partial charge in [-0.3, -0.25) is 4.98 Å². The summed E-state index contributed by atoms with van der Waals surface area (Å²) < 4.78 is 8.67. The Morgan fingerprint density at radius 2 is 1.19 bits per heavy atom. The van der Waals surface area contributed by atoms with E-state index in [9.17, 15) is 0 Å². The van der Waals surface area contributed by atoms with Crippen molar-refractivity contribution in [1.29, 1.82) is 0 Å². The fraction of sp³-hybridized carbons (Fsp3) is 0. The molecule has 0 saturated carbocycles. The second-order valence-electron chi connectivity index (χ2n) is 8.02. The molecule has 150 valence electrons. The van der Waals surface area contributed by atoms with E-state index in [-0.39, 0.29) is 0 Å². The number of nitrogens with zero attached hydrogens (tertiary/aromatic N) is 2. The minimum absolute atomic E-state index is 0.821. The molecule has 0 unspecified atom stereocenters. The predicted octanol–water partition coefficient (Wildman–Crippen LogP) is 7.75. The first-order valence-electron chi connectivity index (χ1n) is 10.7. The first kappa shape index (κ1) is 17.3. The Morgan fingerprint density at radius 3 is 1.97 bits per heavy atom. The molecule has 3 heteroatoms. The molecule has 0 bridgehead atoms. The predicted molar refractivity (Wildman–Crippen MR) is 131 cm³/mol. The largest absolute Gasteiger partial charge is 0.454 e. The van der Waals surface area contributed by atoms with Crippen molar-refractivity contribution in [2.45, 2.75) is 0 Å². The van der Waals surface area contributed by atoms with E-state index >= 15 is 0 Å². The molecule has 0 aliphatic rings. The molecule has 0 saturated heterocycles. The second-order valence-corrected chi connectivity index (χ2v) is 8.02. The average molecular weight is 410 g/mol. The van der Waals surface area contributed by atoms with Crippen LogP contribution in [0.3, 0.4) is 0 Å². The number of rotatable bonds is 2. The number of hydrogen-bond acceptors (Lipinski definition) is 2. The third-order valence-corrected chi connectivity index (χ3v) is 6.27. The maximum absolute atomic E-state index is 6.31. The molecule has 7 rings (SSSR count). The molecule has 0 spiro atoms. The number of fused-ring (bicyclic) bond motifs is 6. The van der Waals surface area contributed by atoms with Crippen LogP contribution < -0.4 is 0 Å². The highest BCUT2D eigenvalue weighted by atomic mass is 16.3. The number of furan rings is 1. The van der Waals surface area contributed by atoms with Gasteiger partial charge in [0.15, 0.2) is 5.58 Å². The number of hydrogen-bond donors (Lipinski definition) is 0. The van der Waals surface area contributed by atoms with E-state index in [1.807, 2.05) is 24.4 Å². The van der Waals surface area contributed by atoms with Gasteiger partial charge in [0.25, 0.3) is 0 Å². The molecule has 3 aromatic heterocycles. The molecule has 32 heavy (non-hydrogen) atoms. The molecule has 0 amide bonds. The van der Waals surface area contributed by atoms with Crippen LogP contribution in [0.15, 0.2) is 114 Å². The van der Waals surface area contributed by atoms with Gasteiger partial charge < -0.3 is 8.98 Å². The molecule has 0 fully saturated rings. The van der Waals surface area contributed by atoms with E-state index < -0.39 is 0 Å². The van der Waals surface area contributed by atoms with Crippen molar-refractivity contribution < 1.29 is 4.42 Å². The fourth-order valence-corrected chi connectivity index (χ4v) is 4.90. The normalized spacial score (nSPS) is 11.8. The van der Waals surface area contributed by atoms with Crippen molar-refractivity contribution >= 4 is 43.9 Å². The van der Waals surface area contributed by atoms with Crippen LogP contribution >= 0.6 is 0 Å². The van der Waals surface area contributed by atoms with Crippen LogP contribution in [0.25, 0.3) is 60.7 Å². The van der Waals surface area contributed by atoms with Crippen LogP contribution in [0.5, 0.6) is 0 Å².